The summed E-state index contributed by atoms with van der Waals surface area (Å²) in [6.45, 7) is 8.66. The molecule has 0 aliphatic carbocycles. The third kappa shape index (κ3) is 5.41. The van der Waals surface area contributed by atoms with Crippen molar-refractivity contribution in [3.05, 3.63) is 42.5 Å². The molecule has 3 heteroatoms. The number of hydrogen-bond acceptors (Lipinski definition) is 2. The SMILES string of the molecule is [CH-]=C[C@H](C)COCc1ccc(OC)cc1.[Li+]. The molecule has 0 unspecified atom stereocenters. The standard InChI is InChI=1S/C13H17O2.Li/c1-4-11(2)9-15-10-12-5-7-13(14-3)8-6-12;/h1,4-8,11H,9-10H2,2-3H3;/q-1;+1/t11-;/m0./s1. The summed E-state index contributed by atoms with van der Waals surface area (Å²) in [6, 6.07) is 7.85. The van der Waals surface area contributed by atoms with Gasteiger partial charge < -0.3 is 16.1 Å². The molecule has 0 fully saturated rings. The van der Waals surface area contributed by atoms with Gasteiger partial charge in [-0.05, 0) is 23.6 Å². The van der Waals surface area contributed by atoms with Crippen molar-refractivity contribution in [3.63, 3.8) is 0 Å². The first-order valence-electron chi connectivity index (χ1n) is 5.02. The summed E-state index contributed by atoms with van der Waals surface area (Å²) in [4.78, 5) is 0. The third-order valence-electron chi connectivity index (χ3n) is 2.14. The van der Waals surface area contributed by atoms with Crippen molar-refractivity contribution in [1.82, 2.24) is 0 Å². The fourth-order valence-electron chi connectivity index (χ4n) is 1.14. The zero-order valence-electron chi connectivity index (χ0n) is 10.3. The minimum absolute atomic E-state index is 0. The molecular formula is C13H17LiO2. The maximum absolute atomic E-state index is 5.49. The van der Waals surface area contributed by atoms with Crippen LogP contribution in [0.25, 0.3) is 0 Å². The zero-order chi connectivity index (χ0) is 11.1. The van der Waals surface area contributed by atoms with E-state index in [0.717, 1.165) is 11.3 Å². The van der Waals surface area contributed by atoms with Gasteiger partial charge in [-0.15, -0.1) is 0 Å². The van der Waals surface area contributed by atoms with E-state index in [1.165, 1.54) is 0 Å². The number of methoxy groups -OCH3 is 1. The Morgan fingerprint density at radius 2 is 1.94 bits per heavy atom. The molecule has 82 valence electrons. The van der Waals surface area contributed by atoms with Crippen molar-refractivity contribution >= 4 is 0 Å². The molecule has 0 saturated heterocycles. The molecule has 0 heterocycles. The van der Waals surface area contributed by atoms with Crippen LogP contribution >= 0.6 is 0 Å². The average molecular weight is 212 g/mol. The molecule has 2 nitrogen and oxygen atoms in total. The van der Waals surface area contributed by atoms with Crippen molar-refractivity contribution in [2.24, 2.45) is 5.92 Å². The normalized spacial score (nSPS) is 11.4. The third-order valence-corrected chi connectivity index (χ3v) is 2.14. The van der Waals surface area contributed by atoms with Gasteiger partial charge in [0.05, 0.1) is 20.3 Å². The van der Waals surface area contributed by atoms with E-state index in [4.69, 9.17) is 16.1 Å². The average Bonchev–Trinajstić information content (AvgIpc) is 2.29. The van der Waals surface area contributed by atoms with Gasteiger partial charge >= 0.3 is 18.9 Å². The van der Waals surface area contributed by atoms with Gasteiger partial charge in [0.15, 0.2) is 0 Å². The minimum atomic E-state index is 0. The van der Waals surface area contributed by atoms with Crippen LogP contribution in [0.2, 0.25) is 0 Å². The van der Waals surface area contributed by atoms with Gasteiger partial charge in [-0.1, -0.05) is 19.1 Å². The summed E-state index contributed by atoms with van der Waals surface area (Å²) in [5.74, 6) is 1.16. The van der Waals surface area contributed by atoms with Crippen LogP contribution in [-0.4, -0.2) is 13.7 Å². The molecule has 1 atom stereocenters. The Kier molecular flexibility index (Phi) is 8.11. The molecule has 0 N–H and O–H groups in total. The molecule has 1 aromatic rings. The molecule has 0 amide bonds. The maximum Gasteiger partial charge on any atom is 1.00 e. The van der Waals surface area contributed by atoms with Gasteiger partial charge in [-0.3, -0.25) is 6.08 Å². The molecule has 0 bridgehead atoms. The molecule has 1 rings (SSSR count). The predicted molar refractivity (Wildman–Crippen MR) is 60.7 cm³/mol. The van der Waals surface area contributed by atoms with Crippen LogP contribution in [0.1, 0.15) is 12.5 Å². The van der Waals surface area contributed by atoms with Crippen LogP contribution in [-0.2, 0) is 11.3 Å². The molecule has 0 radical (unpaired) electrons. The van der Waals surface area contributed by atoms with E-state index in [1.54, 1.807) is 13.2 Å². The van der Waals surface area contributed by atoms with Gasteiger partial charge in [-0.25, -0.2) is 0 Å². The molecule has 0 spiro atoms. The van der Waals surface area contributed by atoms with E-state index >= 15 is 0 Å². The molecule has 0 aliphatic heterocycles. The van der Waals surface area contributed by atoms with Crippen LogP contribution < -0.4 is 23.6 Å². The Bertz CT molecular complexity index is 295. The van der Waals surface area contributed by atoms with Crippen LogP contribution in [0.4, 0.5) is 0 Å². The van der Waals surface area contributed by atoms with Crippen molar-refractivity contribution in [1.29, 1.82) is 0 Å². The molecule has 0 saturated carbocycles. The Morgan fingerprint density at radius 3 is 2.44 bits per heavy atom. The van der Waals surface area contributed by atoms with Gasteiger partial charge in [0.1, 0.15) is 5.75 Å². The Balaban J connectivity index is 0.00000225. The second-order valence-electron chi connectivity index (χ2n) is 3.53. The van der Waals surface area contributed by atoms with E-state index < -0.39 is 0 Å². The molecule has 16 heavy (non-hydrogen) atoms. The van der Waals surface area contributed by atoms with Gasteiger partial charge in [-0.2, -0.15) is 0 Å². The van der Waals surface area contributed by atoms with Gasteiger partial charge in [0.25, 0.3) is 0 Å². The summed E-state index contributed by atoms with van der Waals surface area (Å²) in [7, 11) is 1.66. The number of rotatable bonds is 6. The Hall–Kier alpha value is -0.683. The van der Waals surface area contributed by atoms with Crippen molar-refractivity contribution in [2.45, 2.75) is 13.5 Å². The first-order valence-corrected chi connectivity index (χ1v) is 5.02. The first-order chi connectivity index (χ1) is 7.26. The summed E-state index contributed by atoms with van der Waals surface area (Å²) < 4.78 is 10.6. The fraction of sp³-hybridized carbons (Fsp3) is 0.385. The van der Waals surface area contributed by atoms with Crippen molar-refractivity contribution < 1.29 is 28.3 Å². The summed E-state index contributed by atoms with van der Waals surface area (Å²) in [5, 5.41) is 0. The van der Waals surface area contributed by atoms with Crippen LogP contribution in [0.5, 0.6) is 5.75 Å². The van der Waals surface area contributed by atoms with E-state index in [1.807, 2.05) is 31.2 Å². The van der Waals surface area contributed by atoms with Crippen LogP contribution in [0.3, 0.4) is 0 Å². The van der Waals surface area contributed by atoms with E-state index in [2.05, 4.69) is 0 Å². The van der Waals surface area contributed by atoms with Crippen LogP contribution in [0, 0.1) is 12.5 Å². The van der Waals surface area contributed by atoms with Gasteiger partial charge in [0.2, 0.25) is 0 Å². The maximum atomic E-state index is 5.49. The van der Waals surface area contributed by atoms with E-state index in [9.17, 15) is 0 Å². The minimum Gasteiger partial charge on any atom is -0.518 e. The van der Waals surface area contributed by atoms with Crippen molar-refractivity contribution in [2.75, 3.05) is 13.7 Å². The smallest absolute Gasteiger partial charge is 0.518 e. The largest absolute Gasteiger partial charge is 1.00 e. The Labute approximate surface area is 110 Å². The summed E-state index contributed by atoms with van der Waals surface area (Å²) >= 11 is 0. The molecule has 0 aliphatic rings. The van der Waals surface area contributed by atoms with Crippen LogP contribution in [0.15, 0.2) is 30.3 Å². The van der Waals surface area contributed by atoms with Gasteiger partial charge in [0, 0.05) is 0 Å². The second-order valence-corrected chi connectivity index (χ2v) is 3.53. The first kappa shape index (κ1) is 15.3. The predicted octanol–water partition coefficient (Wildman–Crippen LogP) is -0.159. The summed E-state index contributed by atoms with van der Waals surface area (Å²) in [6.07, 6.45) is 1.65. The summed E-state index contributed by atoms with van der Waals surface area (Å²) in [5.41, 5.74) is 1.14. The zero-order valence-corrected chi connectivity index (χ0v) is 10.3. The molecule has 0 aromatic heterocycles. The molecule has 1 aromatic carbocycles. The molecular weight excluding hydrogens is 195 g/mol. The fourth-order valence-corrected chi connectivity index (χ4v) is 1.14. The Morgan fingerprint density at radius 1 is 1.31 bits per heavy atom. The number of hydrogen-bond donors (Lipinski definition) is 0. The number of ether oxygens (including phenoxy) is 2. The van der Waals surface area contributed by atoms with Crippen molar-refractivity contribution in [3.8, 4) is 5.75 Å². The van der Waals surface area contributed by atoms with E-state index in [0.29, 0.717) is 19.1 Å². The van der Waals surface area contributed by atoms with E-state index in [-0.39, 0.29) is 18.9 Å². The topological polar surface area (TPSA) is 18.5 Å². The number of benzene rings is 1. The quantitative estimate of drug-likeness (QED) is 0.482. The second kappa shape index (κ2) is 8.47. The monoisotopic (exact) mass is 212 g/mol.